The third-order valence-corrected chi connectivity index (χ3v) is 4.29. The van der Waals surface area contributed by atoms with Gasteiger partial charge in [-0.3, -0.25) is 14.6 Å². The Balaban J connectivity index is 1.80. The number of carbonyl (C=O) groups excluding carboxylic acids is 2. The monoisotopic (exact) mass is 353 g/mol. The SMILES string of the molecule is Cc1ccc(C(=O)Nc2ccccc2C(=O)N2CC(C)OC(C)C2)cn1. The van der Waals surface area contributed by atoms with E-state index >= 15 is 0 Å². The van der Waals surface area contributed by atoms with Crippen molar-refractivity contribution in [3.63, 3.8) is 0 Å². The van der Waals surface area contributed by atoms with E-state index in [0.29, 0.717) is 29.9 Å². The van der Waals surface area contributed by atoms with Crippen LogP contribution in [0.5, 0.6) is 0 Å². The molecule has 2 aromatic rings. The van der Waals surface area contributed by atoms with Gasteiger partial charge in [0, 0.05) is 25.0 Å². The molecular formula is C20H23N3O3. The fourth-order valence-electron chi connectivity index (χ4n) is 3.09. The van der Waals surface area contributed by atoms with Crippen molar-refractivity contribution in [2.75, 3.05) is 18.4 Å². The summed E-state index contributed by atoms with van der Waals surface area (Å²) in [5.74, 6) is -0.397. The van der Waals surface area contributed by atoms with Crippen LogP contribution in [-0.2, 0) is 4.74 Å². The summed E-state index contributed by atoms with van der Waals surface area (Å²) in [6, 6.07) is 10.6. The van der Waals surface area contributed by atoms with Gasteiger partial charge in [-0.05, 0) is 45.0 Å². The van der Waals surface area contributed by atoms with Gasteiger partial charge in [0.2, 0.25) is 0 Å². The maximum atomic E-state index is 13.0. The molecule has 136 valence electrons. The minimum absolute atomic E-state index is 0.0110. The van der Waals surface area contributed by atoms with Crippen molar-refractivity contribution in [2.24, 2.45) is 0 Å². The average molecular weight is 353 g/mol. The third-order valence-electron chi connectivity index (χ3n) is 4.29. The highest BCUT2D eigenvalue weighted by atomic mass is 16.5. The number of amides is 2. The fourth-order valence-corrected chi connectivity index (χ4v) is 3.09. The molecule has 3 rings (SSSR count). The maximum absolute atomic E-state index is 13.0. The Kier molecular flexibility index (Phi) is 5.32. The van der Waals surface area contributed by atoms with E-state index in [9.17, 15) is 9.59 Å². The number of benzene rings is 1. The van der Waals surface area contributed by atoms with Crippen molar-refractivity contribution in [1.82, 2.24) is 9.88 Å². The maximum Gasteiger partial charge on any atom is 0.257 e. The molecule has 1 saturated heterocycles. The first-order chi connectivity index (χ1) is 12.4. The second-order valence-electron chi connectivity index (χ2n) is 6.66. The molecule has 2 heterocycles. The van der Waals surface area contributed by atoms with Gasteiger partial charge in [-0.25, -0.2) is 0 Å². The van der Waals surface area contributed by atoms with Crippen molar-refractivity contribution in [1.29, 1.82) is 0 Å². The van der Waals surface area contributed by atoms with E-state index in [1.54, 1.807) is 41.3 Å². The van der Waals surface area contributed by atoms with Crippen LogP contribution in [0.2, 0.25) is 0 Å². The van der Waals surface area contributed by atoms with Crippen LogP contribution in [0, 0.1) is 6.92 Å². The Morgan fingerprint density at radius 3 is 2.46 bits per heavy atom. The number of nitrogens with zero attached hydrogens (tertiary/aromatic N) is 2. The summed E-state index contributed by atoms with van der Waals surface area (Å²) >= 11 is 0. The van der Waals surface area contributed by atoms with Gasteiger partial charge in [-0.15, -0.1) is 0 Å². The van der Waals surface area contributed by atoms with E-state index in [4.69, 9.17) is 4.74 Å². The first-order valence-corrected chi connectivity index (χ1v) is 8.72. The lowest BCUT2D eigenvalue weighted by Crippen LogP contribution is -2.48. The van der Waals surface area contributed by atoms with E-state index in [2.05, 4.69) is 10.3 Å². The molecule has 2 amide bonds. The molecule has 0 saturated carbocycles. The predicted octanol–water partition coefficient (Wildman–Crippen LogP) is 2.89. The fraction of sp³-hybridized carbons (Fsp3) is 0.350. The first kappa shape index (κ1) is 18.1. The van der Waals surface area contributed by atoms with E-state index < -0.39 is 0 Å². The van der Waals surface area contributed by atoms with Gasteiger partial charge in [0.15, 0.2) is 0 Å². The van der Waals surface area contributed by atoms with Crippen molar-refractivity contribution in [2.45, 2.75) is 33.0 Å². The summed E-state index contributed by atoms with van der Waals surface area (Å²) < 4.78 is 5.69. The van der Waals surface area contributed by atoms with Gasteiger partial charge < -0.3 is 15.0 Å². The van der Waals surface area contributed by atoms with Gasteiger partial charge in [0.05, 0.1) is 29.0 Å². The summed E-state index contributed by atoms with van der Waals surface area (Å²) in [6.45, 7) is 6.84. The van der Waals surface area contributed by atoms with Crippen LogP contribution in [0.3, 0.4) is 0 Å². The van der Waals surface area contributed by atoms with Gasteiger partial charge in [-0.2, -0.15) is 0 Å². The Morgan fingerprint density at radius 2 is 1.81 bits per heavy atom. The zero-order chi connectivity index (χ0) is 18.7. The summed E-state index contributed by atoms with van der Waals surface area (Å²) in [7, 11) is 0. The second-order valence-corrected chi connectivity index (χ2v) is 6.66. The Bertz CT molecular complexity index is 794. The van der Waals surface area contributed by atoms with E-state index in [1.165, 1.54) is 6.20 Å². The van der Waals surface area contributed by atoms with E-state index in [-0.39, 0.29) is 24.0 Å². The highest BCUT2D eigenvalue weighted by Gasteiger charge is 2.28. The second kappa shape index (κ2) is 7.66. The average Bonchev–Trinajstić information content (AvgIpc) is 2.61. The smallest absolute Gasteiger partial charge is 0.257 e. The van der Waals surface area contributed by atoms with Gasteiger partial charge in [-0.1, -0.05) is 12.1 Å². The molecule has 0 aliphatic carbocycles. The van der Waals surface area contributed by atoms with Crippen LogP contribution in [0.25, 0.3) is 0 Å². The molecule has 2 unspecified atom stereocenters. The van der Waals surface area contributed by atoms with Crippen molar-refractivity contribution in [3.8, 4) is 0 Å². The predicted molar refractivity (Wildman–Crippen MR) is 99.3 cm³/mol. The number of aromatic nitrogens is 1. The standard InChI is InChI=1S/C20H23N3O3/c1-13-8-9-16(10-21-13)19(24)22-18-7-5-4-6-17(18)20(25)23-11-14(2)26-15(3)12-23/h4-10,14-15H,11-12H2,1-3H3,(H,22,24). The van der Waals surface area contributed by atoms with Crippen molar-refractivity contribution < 1.29 is 14.3 Å². The highest BCUT2D eigenvalue weighted by Crippen LogP contribution is 2.21. The molecule has 6 heteroatoms. The third kappa shape index (κ3) is 4.08. The lowest BCUT2D eigenvalue weighted by atomic mass is 10.1. The molecule has 0 spiro atoms. The lowest BCUT2D eigenvalue weighted by molar-refractivity contribution is -0.0585. The van der Waals surface area contributed by atoms with Gasteiger partial charge in [0.25, 0.3) is 11.8 Å². The molecule has 1 aromatic heterocycles. The van der Waals surface area contributed by atoms with Gasteiger partial charge >= 0.3 is 0 Å². The van der Waals surface area contributed by atoms with E-state index in [1.807, 2.05) is 20.8 Å². The molecule has 1 aromatic carbocycles. The largest absolute Gasteiger partial charge is 0.372 e. The van der Waals surface area contributed by atoms with Crippen LogP contribution < -0.4 is 5.32 Å². The van der Waals surface area contributed by atoms with Crippen LogP contribution in [0.15, 0.2) is 42.6 Å². The van der Waals surface area contributed by atoms with Crippen molar-refractivity contribution in [3.05, 3.63) is 59.4 Å². The zero-order valence-corrected chi connectivity index (χ0v) is 15.2. The Hall–Kier alpha value is -2.73. The number of nitrogens with one attached hydrogen (secondary N) is 1. The van der Waals surface area contributed by atoms with Crippen LogP contribution in [0.4, 0.5) is 5.69 Å². The number of hydrogen-bond donors (Lipinski definition) is 1. The number of morpholine rings is 1. The molecule has 1 N–H and O–H groups in total. The molecule has 2 atom stereocenters. The number of ether oxygens (including phenoxy) is 1. The molecule has 6 nitrogen and oxygen atoms in total. The molecule has 0 bridgehead atoms. The number of rotatable bonds is 3. The summed E-state index contributed by atoms with van der Waals surface area (Å²) in [6.07, 6.45) is 1.51. The quantitative estimate of drug-likeness (QED) is 0.921. The molecule has 26 heavy (non-hydrogen) atoms. The van der Waals surface area contributed by atoms with Gasteiger partial charge in [0.1, 0.15) is 0 Å². The topological polar surface area (TPSA) is 71.5 Å². The van der Waals surface area contributed by atoms with Crippen LogP contribution >= 0.6 is 0 Å². The van der Waals surface area contributed by atoms with E-state index in [0.717, 1.165) is 5.69 Å². The number of pyridine rings is 1. The summed E-state index contributed by atoms with van der Waals surface area (Å²) in [5.41, 5.74) is 2.26. The summed E-state index contributed by atoms with van der Waals surface area (Å²) in [4.78, 5) is 31.4. The normalized spacial score (nSPS) is 19.9. The minimum Gasteiger partial charge on any atom is -0.372 e. The molecule has 1 aliphatic rings. The number of hydrogen-bond acceptors (Lipinski definition) is 4. The summed E-state index contributed by atoms with van der Waals surface area (Å²) in [5, 5.41) is 2.83. The van der Waals surface area contributed by atoms with Crippen LogP contribution in [-0.4, -0.2) is 47.0 Å². The lowest BCUT2D eigenvalue weighted by Gasteiger charge is -2.35. The Morgan fingerprint density at radius 1 is 1.12 bits per heavy atom. The minimum atomic E-state index is -0.290. The number of aryl methyl sites for hydroxylation is 1. The zero-order valence-electron chi connectivity index (χ0n) is 15.2. The molecular weight excluding hydrogens is 330 g/mol. The first-order valence-electron chi connectivity index (χ1n) is 8.72. The number of para-hydroxylation sites is 1. The number of anilines is 1. The molecule has 1 aliphatic heterocycles. The molecule has 1 fully saturated rings. The number of carbonyl (C=O) groups is 2. The van der Waals surface area contributed by atoms with Crippen molar-refractivity contribution >= 4 is 17.5 Å². The van der Waals surface area contributed by atoms with Crippen LogP contribution in [0.1, 0.15) is 40.3 Å². The molecule has 0 radical (unpaired) electrons. The highest BCUT2D eigenvalue weighted by molar-refractivity contribution is 6.08. The Labute approximate surface area is 153 Å².